The van der Waals surface area contributed by atoms with E-state index in [0.29, 0.717) is 6.54 Å². The summed E-state index contributed by atoms with van der Waals surface area (Å²) in [6, 6.07) is 7.99. The van der Waals surface area contributed by atoms with E-state index in [4.69, 9.17) is 0 Å². The fourth-order valence-corrected chi connectivity index (χ4v) is 2.33. The molecule has 0 bridgehead atoms. The van der Waals surface area contributed by atoms with E-state index in [2.05, 4.69) is 26.4 Å². The maximum atomic E-state index is 9.32. The molecular formula is C16H17N5O. The van der Waals surface area contributed by atoms with Crippen LogP contribution in [-0.4, -0.2) is 24.9 Å². The van der Waals surface area contributed by atoms with Crippen LogP contribution in [0.5, 0.6) is 0 Å². The van der Waals surface area contributed by atoms with Crippen molar-refractivity contribution >= 4 is 5.69 Å². The van der Waals surface area contributed by atoms with Crippen molar-refractivity contribution in [2.45, 2.75) is 20.1 Å². The number of nitrogens with one attached hydrogen (secondary N) is 1. The predicted octanol–water partition coefficient (Wildman–Crippen LogP) is 2.08. The van der Waals surface area contributed by atoms with E-state index in [1.807, 2.05) is 19.1 Å². The van der Waals surface area contributed by atoms with Crippen LogP contribution in [0.25, 0.3) is 5.69 Å². The number of rotatable bonds is 5. The molecule has 0 fully saturated rings. The Morgan fingerprint density at radius 3 is 2.86 bits per heavy atom. The Bertz CT molecular complexity index is 755. The normalized spacial score (nSPS) is 10.6. The van der Waals surface area contributed by atoms with Gasteiger partial charge in [0.2, 0.25) is 0 Å². The zero-order valence-corrected chi connectivity index (χ0v) is 12.3. The molecular weight excluding hydrogens is 278 g/mol. The van der Waals surface area contributed by atoms with Gasteiger partial charge in [0.1, 0.15) is 12.7 Å². The summed E-state index contributed by atoms with van der Waals surface area (Å²) in [6.45, 7) is 2.70. The van der Waals surface area contributed by atoms with Gasteiger partial charge in [-0.1, -0.05) is 12.1 Å². The summed E-state index contributed by atoms with van der Waals surface area (Å²) in [7, 11) is 0. The number of hydrogen-bond acceptors (Lipinski definition) is 5. The fraction of sp³-hybridized carbons (Fsp3) is 0.188. The van der Waals surface area contributed by atoms with E-state index in [1.165, 1.54) is 6.33 Å². The second-order valence-corrected chi connectivity index (χ2v) is 5.01. The van der Waals surface area contributed by atoms with Gasteiger partial charge in [-0.05, 0) is 30.2 Å². The topological polar surface area (TPSA) is 75.9 Å². The zero-order valence-electron chi connectivity index (χ0n) is 12.3. The summed E-state index contributed by atoms with van der Waals surface area (Å²) in [5, 5.41) is 16.8. The average molecular weight is 295 g/mol. The van der Waals surface area contributed by atoms with Gasteiger partial charge in [-0.25, -0.2) is 9.67 Å². The molecule has 0 saturated carbocycles. The first-order valence-electron chi connectivity index (χ1n) is 7.00. The van der Waals surface area contributed by atoms with Crippen LogP contribution < -0.4 is 5.32 Å². The van der Waals surface area contributed by atoms with Gasteiger partial charge in [-0.3, -0.25) is 4.98 Å². The molecule has 0 aliphatic rings. The molecule has 1 aromatic carbocycles. The lowest BCUT2D eigenvalue weighted by molar-refractivity contribution is 0.282. The summed E-state index contributed by atoms with van der Waals surface area (Å²) < 4.78 is 1.75. The average Bonchev–Trinajstić information content (AvgIpc) is 3.07. The standard InChI is InChI=1S/C16H17N5O/c1-12-6-13(2-3-16(12)21-11-18-10-20-21)7-19-15-8-17-5-4-14(15)9-22/h2-6,8,10-11,19,22H,7,9H2,1H3. The lowest BCUT2D eigenvalue weighted by Gasteiger charge is -2.12. The van der Waals surface area contributed by atoms with Crippen LogP contribution in [0.15, 0.2) is 49.3 Å². The number of hydrogen-bond donors (Lipinski definition) is 2. The quantitative estimate of drug-likeness (QED) is 0.753. The number of aliphatic hydroxyl groups excluding tert-OH is 1. The largest absolute Gasteiger partial charge is 0.392 e. The number of nitrogens with zero attached hydrogens (tertiary/aromatic N) is 4. The molecule has 6 nitrogen and oxygen atoms in total. The van der Waals surface area contributed by atoms with Crippen LogP contribution in [0.1, 0.15) is 16.7 Å². The first-order valence-corrected chi connectivity index (χ1v) is 7.00. The summed E-state index contributed by atoms with van der Waals surface area (Å²) in [6.07, 6.45) is 6.60. The summed E-state index contributed by atoms with van der Waals surface area (Å²) in [5.74, 6) is 0. The Balaban J connectivity index is 1.75. The van der Waals surface area contributed by atoms with E-state index in [-0.39, 0.29) is 6.61 Å². The van der Waals surface area contributed by atoms with Crippen molar-refractivity contribution in [2.24, 2.45) is 0 Å². The molecule has 6 heteroatoms. The molecule has 0 radical (unpaired) electrons. The first kappa shape index (κ1) is 14.2. The molecule has 2 heterocycles. The molecule has 0 atom stereocenters. The Morgan fingerprint density at radius 2 is 2.14 bits per heavy atom. The Hall–Kier alpha value is -2.73. The van der Waals surface area contributed by atoms with E-state index in [0.717, 1.165) is 28.1 Å². The SMILES string of the molecule is Cc1cc(CNc2cnccc2CO)ccc1-n1cncn1. The van der Waals surface area contributed by atoms with Crippen molar-refractivity contribution in [1.82, 2.24) is 19.7 Å². The third-order valence-corrected chi connectivity index (χ3v) is 3.49. The maximum absolute atomic E-state index is 9.32. The second-order valence-electron chi connectivity index (χ2n) is 5.01. The van der Waals surface area contributed by atoms with Crippen molar-refractivity contribution in [3.05, 3.63) is 66.0 Å². The number of pyridine rings is 1. The zero-order chi connectivity index (χ0) is 15.4. The lowest BCUT2D eigenvalue weighted by Crippen LogP contribution is -2.04. The summed E-state index contributed by atoms with van der Waals surface area (Å²) >= 11 is 0. The molecule has 0 saturated heterocycles. The van der Waals surface area contributed by atoms with Crippen LogP contribution in [0.4, 0.5) is 5.69 Å². The van der Waals surface area contributed by atoms with Crippen molar-refractivity contribution in [2.75, 3.05) is 5.32 Å². The Morgan fingerprint density at radius 1 is 1.23 bits per heavy atom. The minimum absolute atomic E-state index is 0.00484. The molecule has 3 rings (SSSR count). The highest BCUT2D eigenvalue weighted by molar-refractivity contribution is 5.49. The van der Waals surface area contributed by atoms with E-state index in [9.17, 15) is 5.11 Å². The number of anilines is 1. The molecule has 2 N–H and O–H groups in total. The van der Waals surface area contributed by atoms with Crippen molar-refractivity contribution in [3.8, 4) is 5.69 Å². The van der Waals surface area contributed by atoms with Crippen LogP contribution >= 0.6 is 0 Å². The highest BCUT2D eigenvalue weighted by atomic mass is 16.3. The molecule has 0 amide bonds. The second kappa shape index (κ2) is 6.36. The van der Waals surface area contributed by atoms with Crippen molar-refractivity contribution < 1.29 is 5.11 Å². The van der Waals surface area contributed by atoms with Gasteiger partial charge in [0, 0.05) is 18.3 Å². The lowest BCUT2D eigenvalue weighted by atomic mass is 10.1. The number of aliphatic hydroxyl groups is 1. The van der Waals surface area contributed by atoms with Crippen molar-refractivity contribution in [3.63, 3.8) is 0 Å². The molecule has 0 aliphatic carbocycles. The summed E-state index contributed by atoms with van der Waals surface area (Å²) in [5.41, 5.74) is 4.97. The molecule has 0 unspecified atom stereocenters. The van der Waals surface area contributed by atoms with Gasteiger partial charge in [-0.15, -0.1) is 0 Å². The maximum Gasteiger partial charge on any atom is 0.138 e. The first-order chi connectivity index (χ1) is 10.8. The van der Waals surface area contributed by atoms with E-state index >= 15 is 0 Å². The number of aromatic nitrogens is 4. The van der Waals surface area contributed by atoms with Gasteiger partial charge in [0.05, 0.1) is 24.2 Å². The monoisotopic (exact) mass is 295 g/mol. The van der Waals surface area contributed by atoms with Crippen LogP contribution in [-0.2, 0) is 13.2 Å². The minimum atomic E-state index is -0.00484. The summed E-state index contributed by atoms with van der Waals surface area (Å²) in [4.78, 5) is 8.04. The third kappa shape index (κ3) is 2.96. The Kier molecular flexibility index (Phi) is 4.11. The van der Waals surface area contributed by atoms with Crippen LogP contribution in [0.2, 0.25) is 0 Å². The van der Waals surface area contributed by atoms with Gasteiger partial charge < -0.3 is 10.4 Å². The molecule has 112 valence electrons. The van der Waals surface area contributed by atoms with E-state index in [1.54, 1.807) is 29.5 Å². The smallest absolute Gasteiger partial charge is 0.138 e. The highest BCUT2D eigenvalue weighted by Crippen LogP contribution is 2.17. The third-order valence-electron chi connectivity index (χ3n) is 3.49. The van der Waals surface area contributed by atoms with E-state index < -0.39 is 0 Å². The van der Waals surface area contributed by atoms with Crippen LogP contribution in [0, 0.1) is 6.92 Å². The molecule has 0 aliphatic heterocycles. The van der Waals surface area contributed by atoms with Gasteiger partial charge >= 0.3 is 0 Å². The van der Waals surface area contributed by atoms with Gasteiger partial charge in [-0.2, -0.15) is 5.10 Å². The predicted molar refractivity (Wildman–Crippen MR) is 83.6 cm³/mol. The molecule has 3 aromatic rings. The molecule has 2 aromatic heterocycles. The van der Waals surface area contributed by atoms with Crippen LogP contribution in [0.3, 0.4) is 0 Å². The molecule has 0 spiro atoms. The van der Waals surface area contributed by atoms with Gasteiger partial charge in [0.25, 0.3) is 0 Å². The Labute approximate surface area is 128 Å². The number of benzene rings is 1. The van der Waals surface area contributed by atoms with Crippen molar-refractivity contribution in [1.29, 1.82) is 0 Å². The highest BCUT2D eigenvalue weighted by Gasteiger charge is 2.05. The minimum Gasteiger partial charge on any atom is -0.392 e. The fourth-order valence-electron chi connectivity index (χ4n) is 2.33. The number of aryl methyl sites for hydroxylation is 1. The molecule has 22 heavy (non-hydrogen) atoms. The van der Waals surface area contributed by atoms with Gasteiger partial charge in [0.15, 0.2) is 0 Å².